The molecule has 2 aromatic rings. The lowest BCUT2D eigenvalue weighted by Gasteiger charge is -2.11. The summed E-state index contributed by atoms with van der Waals surface area (Å²) in [5.41, 5.74) is 6.77. The fourth-order valence-electron chi connectivity index (χ4n) is 2.53. The number of hydrogen-bond donors (Lipinski definition) is 3. The third-order valence-electron chi connectivity index (χ3n) is 4.27. The summed E-state index contributed by atoms with van der Waals surface area (Å²) in [5, 5.41) is 2.78. The molecule has 0 saturated heterocycles. The predicted molar refractivity (Wildman–Crippen MR) is 119 cm³/mol. The van der Waals surface area contributed by atoms with E-state index in [4.69, 9.17) is 4.74 Å². The van der Waals surface area contributed by atoms with E-state index in [1.807, 2.05) is 19.1 Å². The Labute approximate surface area is 184 Å². The highest BCUT2D eigenvalue weighted by Crippen LogP contribution is 2.26. The zero-order valence-electron chi connectivity index (χ0n) is 17.1. The average molecular weight is 476 g/mol. The number of carbonyl (C=O) groups is 3. The van der Waals surface area contributed by atoms with Gasteiger partial charge in [0.25, 0.3) is 11.8 Å². The van der Waals surface area contributed by atoms with Gasteiger partial charge in [-0.05, 0) is 70.7 Å². The molecule has 8 heteroatoms. The molecule has 0 fully saturated rings. The van der Waals surface area contributed by atoms with E-state index in [0.717, 1.165) is 29.3 Å². The van der Waals surface area contributed by atoms with Gasteiger partial charge in [0.05, 0.1) is 4.47 Å². The van der Waals surface area contributed by atoms with Crippen molar-refractivity contribution in [3.63, 3.8) is 0 Å². The maximum absolute atomic E-state index is 12.2. The minimum Gasteiger partial charge on any atom is -0.483 e. The zero-order valence-corrected chi connectivity index (χ0v) is 18.7. The fraction of sp³-hybridized carbons (Fsp3) is 0.318. The van der Waals surface area contributed by atoms with Crippen LogP contribution in [0.5, 0.6) is 5.75 Å². The summed E-state index contributed by atoms with van der Waals surface area (Å²) in [4.78, 5) is 35.8. The molecule has 0 bridgehead atoms. The predicted octanol–water partition coefficient (Wildman–Crippen LogP) is 3.98. The summed E-state index contributed by atoms with van der Waals surface area (Å²) in [6, 6.07) is 12.1. The number of hydrazine groups is 1. The van der Waals surface area contributed by atoms with E-state index in [0.29, 0.717) is 23.4 Å². The van der Waals surface area contributed by atoms with Crippen LogP contribution in [0.2, 0.25) is 0 Å². The Hall–Kier alpha value is -2.87. The Morgan fingerprint density at radius 1 is 0.967 bits per heavy atom. The van der Waals surface area contributed by atoms with Crippen LogP contribution in [0.15, 0.2) is 46.9 Å². The summed E-state index contributed by atoms with van der Waals surface area (Å²) in [5.74, 6) is -0.474. The smallest absolute Gasteiger partial charge is 0.276 e. The van der Waals surface area contributed by atoms with Gasteiger partial charge in [-0.3, -0.25) is 25.2 Å². The standard InChI is InChI=1S/C22H26BrN3O4/c1-3-5-6-20(27)24-17-10-8-16(9-11-17)22(29)26-25-21(28)14-30-19-12-7-15(4-2)13-18(19)23/h7-13H,3-6,14H2,1-2H3,(H,24,27)(H,25,28)(H,26,29). The monoisotopic (exact) mass is 475 g/mol. The number of amides is 3. The molecule has 2 rings (SSSR count). The first-order chi connectivity index (χ1) is 14.4. The number of aryl methyl sites for hydroxylation is 1. The first-order valence-corrected chi connectivity index (χ1v) is 10.6. The van der Waals surface area contributed by atoms with Crippen LogP contribution in [0.25, 0.3) is 0 Å². The maximum Gasteiger partial charge on any atom is 0.276 e. The SMILES string of the molecule is CCCCC(=O)Nc1ccc(C(=O)NNC(=O)COc2ccc(CC)cc2Br)cc1. The number of ether oxygens (including phenoxy) is 1. The van der Waals surface area contributed by atoms with Crippen LogP contribution < -0.4 is 20.9 Å². The van der Waals surface area contributed by atoms with E-state index in [9.17, 15) is 14.4 Å². The minimum atomic E-state index is -0.491. The van der Waals surface area contributed by atoms with Crippen LogP contribution in [-0.2, 0) is 16.0 Å². The van der Waals surface area contributed by atoms with Crippen LogP contribution in [0, 0.1) is 0 Å². The molecule has 0 atom stereocenters. The minimum absolute atomic E-state index is 0.0581. The van der Waals surface area contributed by atoms with Gasteiger partial charge in [0.2, 0.25) is 5.91 Å². The van der Waals surface area contributed by atoms with Crippen LogP contribution in [0.1, 0.15) is 49.0 Å². The van der Waals surface area contributed by atoms with Crippen molar-refractivity contribution in [3.8, 4) is 5.75 Å². The average Bonchev–Trinajstić information content (AvgIpc) is 2.75. The lowest BCUT2D eigenvalue weighted by atomic mass is 10.2. The molecule has 2 aromatic carbocycles. The number of unbranched alkanes of at least 4 members (excludes halogenated alkanes) is 1. The fourth-order valence-corrected chi connectivity index (χ4v) is 3.07. The highest BCUT2D eigenvalue weighted by molar-refractivity contribution is 9.10. The molecular formula is C22H26BrN3O4. The van der Waals surface area contributed by atoms with Crippen molar-refractivity contribution in [3.05, 3.63) is 58.1 Å². The first kappa shape index (κ1) is 23.4. The quantitative estimate of drug-likeness (QED) is 0.477. The summed E-state index contributed by atoms with van der Waals surface area (Å²) in [6.07, 6.45) is 3.15. The molecule has 30 heavy (non-hydrogen) atoms. The van der Waals surface area contributed by atoms with Gasteiger partial charge < -0.3 is 10.1 Å². The van der Waals surface area contributed by atoms with Crippen molar-refractivity contribution < 1.29 is 19.1 Å². The van der Waals surface area contributed by atoms with E-state index in [-0.39, 0.29) is 12.5 Å². The van der Waals surface area contributed by atoms with E-state index in [1.165, 1.54) is 0 Å². The molecule has 0 heterocycles. The normalized spacial score (nSPS) is 10.2. The van der Waals surface area contributed by atoms with Crippen molar-refractivity contribution >= 4 is 39.3 Å². The molecule has 3 N–H and O–H groups in total. The zero-order chi connectivity index (χ0) is 21.9. The number of carbonyl (C=O) groups excluding carboxylic acids is 3. The number of halogens is 1. The van der Waals surface area contributed by atoms with Gasteiger partial charge in [0.15, 0.2) is 6.61 Å². The Morgan fingerprint density at radius 2 is 1.70 bits per heavy atom. The topological polar surface area (TPSA) is 96.5 Å². The summed E-state index contributed by atoms with van der Waals surface area (Å²) >= 11 is 3.41. The van der Waals surface area contributed by atoms with Gasteiger partial charge in [-0.2, -0.15) is 0 Å². The molecule has 0 aromatic heterocycles. The van der Waals surface area contributed by atoms with E-state index in [1.54, 1.807) is 30.3 Å². The molecular weight excluding hydrogens is 450 g/mol. The second kappa shape index (κ2) is 12.0. The van der Waals surface area contributed by atoms with Crippen molar-refractivity contribution in [1.29, 1.82) is 0 Å². The maximum atomic E-state index is 12.2. The Kier molecular flexibility index (Phi) is 9.34. The van der Waals surface area contributed by atoms with Gasteiger partial charge in [0.1, 0.15) is 5.75 Å². The molecule has 0 aliphatic carbocycles. The molecule has 0 aliphatic heterocycles. The second-order valence-corrected chi connectivity index (χ2v) is 7.49. The number of hydrogen-bond acceptors (Lipinski definition) is 4. The number of nitrogens with one attached hydrogen (secondary N) is 3. The van der Waals surface area contributed by atoms with E-state index in [2.05, 4.69) is 39.0 Å². The second-order valence-electron chi connectivity index (χ2n) is 6.64. The third-order valence-corrected chi connectivity index (χ3v) is 4.89. The Balaban J connectivity index is 1.78. The summed E-state index contributed by atoms with van der Waals surface area (Å²) in [6.45, 7) is 3.83. The van der Waals surface area contributed by atoms with Gasteiger partial charge in [-0.15, -0.1) is 0 Å². The van der Waals surface area contributed by atoms with E-state index < -0.39 is 11.8 Å². The highest BCUT2D eigenvalue weighted by atomic mass is 79.9. The van der Waals surface area contributed by atoms with E-state index >= 15 is 0 Å². The lowest BCUT2D eigenvalue weighted by Crippen LogP contribution is -2.43. The van der Waals surface area contributed by atoms with Crippen molar-refractivity contribution in [2.45, 2.75) is 39.5 Å². The van der Waals surface area contributed by atoms with Crippen LogP contribution in [0.4, 0.5) is 5.69 Å². The Bertz CT molecular complexity index is 884. The number of anilines is 1. The molecule has 0 radical (unpaired) electrons. The highest BCUT2D eigenvalue weighted by Gasteiger charge is 2.10. The lowest BCUT2D eigenvalue weighted by molar-refractivity contribution is -0.123. The van der Waals surface area contributed by atoms with Crippen molar-refractivity contribution in [2.24, 2.45) is 0 Å². The summed E-state index contributed by atoms with van der Waals surface area (Å²) in [7, 11) is 0. The number of rotatable bonds is 9. The van der Waals surface area contributed by atoms with Gasteiger partial charge in [0, 0.05) is 17.7 Å². The molecule has 0 unspecified atom stereocenters. The van der Waals surface area contributed by atoms with Crippen LogP contribution in [0.3, 0.4) is 0 Å². The molecule has 0 aliphatic rings. The molecule has 3 amide bonds. The largest absolute Gasteiger partial charge is 0.483 e. The number of benzene rings is 2. The first-order valence-electron chi connectivity index (χ1n) is 9.83. The third kappa shape index (κ3) is 7.51. The molecule has 7 nitrogen and oxygen atoms in total. The van der Waals surface area contributed by atoms with Crippen LogP contribution >= 0.6 is 15.9 Å². The van der Waals surface area contributed by atoms with Gasteiger partial charge in [-0.25, -0.2) is 0 Å². The van der Waals surface area contributed by atoms with Crippen molar-refractivity contribution in [2.75, 3.05) is 11.9 Å². The summed E-state index contributed by atoms with van der Waals surface area (Å²) < 4.78 is 6.23. The van der Waals surface area contributed by atoms with Crippen LogP contribution in [-0.4, -0.2) is 24.3 Å². The molecule has 160 valence electrons. The molecule has 0 saturated carbocycles. The Morgan fingerprint density at radius 3 is 2.33 bits per heavy atom. The van der Waals surface area contributed by atoms with Crippen molar-refractivity contribution in [1.82, 2.24) is 10.9 Å². The van der Waals surface area contributed by atoms with Gasteiger partial charge in [-0.1, -0.05) is 26.3 Å². The van der Waals surface area contributed by atoms with Gasteiger partial charge >= 0.3 is 0 Å². The molecule has 0 spiro atoms.